The van der Waals surface area contributed by atoms with Gasteiger partial charge < -0.3 is 19.5 Å². The zero-order valence-electron chi connectivity index (χ0n) is 15.4. The number of methoxy groups -OCH3 is 1. The summed E-state index contributed by atoms with van der Waals surface area (Å²) >= 11 is 0. The van der Waals surface area contributed by atoms with E-state index >= 15 is 0 Å². The standard InChI is InChI=1S/C19H21N3O5/c1-11-6-15(21(2)20-11)17(23)22-8-14-13-5-4-12(26-3)7-16(13)27-10-19(14,9-22)18(24)25/h4-7,14H,8-10H2,1-3H3,(H,24,25)/t14-,19-/m1/s1. The van der Waals surface area contributed by atoms with Crippen LogP contribution in [0.1, 0.15) is 27.7 Å². The van der Waals surface area contributed by atoms with Gasteiger partial charge in [-0.25, -0.2) is 0 Å². The lowest BCUT2D eigenvalue weighted by Gasteiger charge is -2.35. The minimum absolute atomic E-state index is 0.0152. The fourth-order valence-electron chi connectivity index (χ4n) is 4.12. The van der Waals surface area contributed by atoms with E-state index in [4.69, 9.17) is 9.47 Å². The molecule has 3 heterocycles. The molecule has 1 fully saturated rings. The van der Waals surface area contributed by atoms with Gasteiger partial charge in [-0.2, -0.15) is 5.10 Å². The Kier molecular flexibility index (Phi) is 3.87. The minimum atomic E-state index is -1.16. The number of carbonyl (C=O) groups is 2. The van der Waals surface area contributed by atoms with Crippen molar-refractivity contribution < 1.29 is 24.2 Å². The summed E-state index contributed by atoms with van der Waals surface area (Å²) < 4.78 is 12.5. The molecule has 4 rings (SSSR count). The van der Waals surface area contributed by atoms with Gasteiger partial charge in [0.05, 0.1) is 12.8 Å². The Morgan fingerprint density at radius 2 is 2.15 bits per heavy atom. The summed E-state index contributed by atoms with van der Waals surface area (Å²) in [5, 5.41) is 14.2. The Bertz CT molecular complexity index is 937. The maximum Gasteiger partial charge on any atom is 0.315 e. The SMILES string of the molecule is COc1ccc2c(c1)OC[C@]1(C(=O)O)CN(C(=O)c3cc(C)nn3C)C[C@H]21. The van der Waals surface area contributed by atoms with E-state index in [9.17, 15) is 14.7 Å². The van der Waals surface area contributed by atoms with Crippen molar-refractivity contribution in [3.8, 4) is 11.5 Å². The first-order valence-electron chi connectivity index (χ1n) is 8.70. The Morgan fingerprint density at radius 3 is 2.78 bits per heavy atom. The highest BCUT2D eigenvalue weighted by molar-refractivity contribution is 5.94. The molecule has 0 spiro atoms. The van der Waals surface area contributed by atoms with Crippen LogP contribution >= 0.6 is 0 Å². The topological polar surface area (TPSA) is 93.9 Å². The monoisotopic (exact) mass is 371 g/mol. The van der Waals surface area contributed by atoms with Gasteiger partial charge in [0.2, 0.25) is 0 Å². The van der Waals surface area contributed by atoms with Crippen LogP contribution < -0.4 is 9.47 Å². The van der Waals surface area contributed by atoms with Gasteiger partial charge >= 0.3 is 5.97 Å². The maximum absolute atomic E-state index is 13.0. The van der Waals surface area contributed by atoms with Crippen molar-refractivity contribution in [2.75, 3.05) is 26.8 Å². The number of hydrogen-bond acceptors (Lipinski definition) is 5. The van der Waals surface area contributed by atoms with Gasteiger partial charge in [-0.1, -0.05) is 6.07 Å². The predicted octanol–water partition coefficient (Wildman–Crippen LogP) is 1.44. The third kappa shape index (κ3) is 2.55. The number of aryl methyl sites for hydroxylation is 2. The first-order chi connectivity index (χ1) is 12.9. The molecule has 27 heavy (non-hydrogen) atoms. The number of rotatable bonds is 3. The molecule has 0 saturated carbocycles. The van der Waals surface area contributed by atoms with Crippen LogP contribution in [0.15, 0.2) is 24.3 Å². The zero-order chi connectivity index (χ0) is 19.3. The third-order valence-corrected chi connectivity index (χ3v) is 5.56. The average molecular weight is 371 g/mol. The second-order valence-corrected chi connectivity index (χ2v) is 7.19. The van der Waals surface area contributed by atoms with Crippen molar-refractivity contribution in [1.29, 1.82) is 0 Å². The number of ether oxygens (including phenoxy) is 2. The van der Waals surface area contributed by atoms with Gasteiger partial charge in [0.1, 0.15) is 29.2 Å². The highest BCUT2D eigenvalue weighted by atomic mass is 16.5. The number of likely N-dealkylation sites (tertiary alicyclic amines) is 1. The number of aromatic nitrogens is 2. The average Bonchev–Trinajstić information content (AvgIpc) is 3.21. The number of aliphatic carboxylic acids is 1. The highest BCUT2D eigenvalue weighted by Gasteiger charge is 2.57. The lowest BCUT2D eigenvalue weighted by Crippen LogP contribution is -2.46. The third-order valence-electron chi connectivity index (χ3n) is 5.56. The van der Waals surface area contributed by atoms with E-state index in [0.717, 1.165) is 11.3 Å². The summed E-state index contributed by atoms with van der Waals surface area (Å²) in [6, 6.07) is 7.09. The Hall–Kier alpha value is -3.03. The molecule has 0 radical (unpaired) electrons. The van der Waals surface area contributed by atoms with Crippen LogP contribution in [-0.2, 0) is 11.8 Å². The molecule has 2 atom stereocenters. The van der Waals surface area contributed by atoms with Crippen molar-refractivity contribution in [3.63, 3.8) is 0 Å². The molecule has 0 aliphatic carbocycles. The van der Waals surface area contributed by atoms with Crippen molar-refractivity contribution in [2.45, 2.75) is 12.8 Å². The molecular weight excluding hydrogens is 350 g/mol. The minimum Gasteiger partial charge on any atom is -0.497 e. The van der Waals surface area contributed by atoms with Crippen molar-refractivity contribution in [1.82, 2.24) is 14.7 Å². The quantitative estimate of drug-likeness (QED) is 0.877. The fourth-order valence-corrected chi connectivity index (χ4v) is 4.12. The van der Waals surface area contributed by atoms with Gasteiger partial charge in [0.15, 0.2) is 0 Å². The number of carboxylic acids is 1. The molecule has 8 heteroatoms. The first kappa shape index (κ1) is 17.4. The molecule has 1 aromatic carbocycles. The van der Waals surface area contributed by atoms with Crippen molar-refractivity contribution >= 4 is 11.9 Å². The maximum atomic E-state index is 13.0. The summed E-state index contributed by atoms with van der Waals surface area (Å²) in [5.74, 6) is -0.258. The predicted molar refractivity (Wildman–Crippen MR) is 95.1 cm³/mol. The van der Waals surface area contributed by atoms with E-state index in [2.05, 4.69) is 5.10 Å². The number of carboxylic acid groups (broad SMARTS) is 1. The van der Waals surface area contributed by atoms with Crippen LogP contribution in [0.5, 0.6) is 11.5 Å². The summed E-state index contributed by atoms with van der Waals surface area (Å²) in [4.78, 5) is 26.8. The first-order valence-corrected chi connectivity index (χ1v) is 8.70. The summed E-state index contributed by atoms with van der Waals surface area (Å²) in [6.45, 7) is 2.25. The van der Waals surface area contributed by atoms with Gasteiger partial charge in [-0.15, -0.1) is 0 Å². The van der Waals surface area contributed by atoms with E-state index in [0.29, 0.717) is 23.7 Å². The number of fused-ring (bicyclic) bond motifs is 3. The molecule has 2 aliphatic heterocycles. The zero-order valence-corrected chi connectivity index (χ0v) is 15.4. The number of nitrogens with zero attached hydrogens (tertiary/aromatic N) is 3. The van der Waals surface area contributed by atoms with Gasteiger partial charge in [0, 0.05) is 37.7 Å². The summed E-state index contributed by atoms with van der Waals surface area (Å²) in [5.41, 5.74) is 0.819. The largest absolute Gasteiger partial charge is 0.497 e. The number of amides is 1. The molecule has 0 bridgehead atoms. The van der Waals surface area contributed by atoms with Crippen LogP contribution in [-0.4, -0.2) is 58.5 Å². The molecule has 0 unspecified atom stereocenters. The molecule has 1 aromatic heterocycles. The van der Waals surface area contributed by atoms with E-state index in [-0.39, 0.29) is 25.0 Å². The second kappa shape index (κ2) is 6.00. The summed E-state index contributed by atoms with van der Waals surface area (Å²) in [6.07, 6.45) is 0. The Morgan fingerprint density at radius 1 is 1.37 bits per heavy atom. The molecule has 2 aromatic rings. The van der Waals surface area contributed by atoms with Crippen LogP contribution in [0.3, 0.4) is 0 Å². The van der Waals surface area contributed by atoms with Gasteiger partial charge in [-0.05, 0) is 19.1 Å². The fraction of sp³-hybridized carbons (Fsp3) is 0.421. The van der Waals surface area contributed by atoms with E-state index < -0.39 is 11.4 Å². The number of carbonyl (C=O) groups excluding carboxylic acids is 1. The molecule has 1 N–H and O–H groups in total. The molecule has 8 nitrogen and oxygen atoms in total. The van der Waals surface area contributed by atoms with E-state index in [1.807, 2.05) is 13.0 Å². The smallest absolute Gasteiger partial charge is 0.315 e. The molecular formula is C19H21N3O5. The molecule has 1 saturated heterocycles. The number of hydrogen-bond donors (Lipinski definition) is 1. The van der Waals surface area contributed by atoms with Crippen molar-refractivity contribution in [3.05, 3.63) is 41.2 Å². The van der Waals surface area contributed by atoms with Crippen LogP contribution in [0, 0.1) is 12.3 Å². The van der Waals surface area contributed by atoms with E-state index in [1.165, 1.54) is 4.68 Å². The Labute approximate surface area is 156 Å². The van der Waals surface area contributed by atoms with Crippen molar-refractivity contribution in [2.24, 2.45) is 12.5 Å². The lowest BCUT2D eigenvalue weighted by molar-refractivity contribution is -0.151. The molecule has 2 aliphatic rings. The van der Waals surface area contributed by atoms with Crippen LogP contribution in [0.4, 0.5) is 0 Å². The lowest BCUT2D eigenvalue weighted by atomic mass is 9.73. The van der Waals surface area contributed by atoms with Gasteiger partial charge in [0.25, 0.3) is 5.91 Å². The number of benzene rings is 1. The highest BCUT2D eigenvalue weighted by Crippen LogP contribution is 2.50. The molecule has 142 valence electrons. The molecule has 1 amide bonds. The van der Waals surface area contributed by atoms with E-state index in [1.54, 1.807) is 37.3 Å². The van der Waals surface area contributed by atoms with Crippen LogP contribution in [0.25, 0.3) is 0 Å². The van der Waals surface area contributed by atoms with Crippen LogP contribution in [0.2, 0.25) is 0 Å². The summed E-state index contributed by atoms with van der Waals surface area (Å²) in [7, 11) is 3.28. The Balaban J connectivity index is 1.72. The normalized spacial score (nSPS) is 23.4. The van der Waals surface area contributed by atoms with Gasteiger partial charge in [-0.3, -0.25) is 14.3 Å². The second-order valence-electron chi connectivity index (χ2n) is 7.19.